The summed E-state index contributed by atoms with van der Waals surface area (Å²) in [5, 5.41) is 0. The van der Waals surface area contributed by atoms with E-state index in [4.69, 9.17) is 5.73 Å². The first-order valence-corrected chi connectivity index (χ1v) is 6.17. The van der Waals surface area contributed by atoms with Crippen LogP contribution in [-0.2, 0) is 13.0 Å². The smallest absolute Gasteiger partial charge is 0.170 e. The second-order valence-electron chi connectivity index (χ2n) is 4.30. The van der Waals surface area contributed by atoms with Crippen LogP contribution in [0.3, 0.4) is 0 Å². The van der Waals surface area contributed by atoms with Crippen molar-refractivity contribution in [1.29, 1.82) is 0 Å². The van der Waals surface area contributed by atoms with Crippen molar-refractivity contribution in [3.8, 4) is 0 Å². The molecule has 2 aromatic rings. The van der Waals surface area contributed by atoms with E-state index in [0.717, 1.165) is 12.1 Å². The Morgan fingerprint density at radius 3 is 2.74 bits per heavy atom. The molecule has 0 aromatic carbocycles. The molecule has 0 atom stereocenters. The molecular weight excluding hydrogens is 243 g/mol. The Morgan fingerprint density at radius 2 is 2.05 bits per heavy atom. The number of aromatic nitrogens is 2. The molecule has 19 heavy (non-hydrogen) atoms. The minimum Gasteiger partial charge on any atom is -0.357 e. The molecule has 4 nitrogen and oxygen atoms in total. The maximum atomic E-state index is 14.0. The zero-order valence-corrected chi connectivity index (χ0v) is 10.9. The minimum atomic E-state index is -0.339. The third-order valence-electron chi connectivity index (χ3n) is 2.96. The van der Waals surface area contributed by atoms with Gasteiger partial charge in [0.15, 0.2) is 11.6 Å². The molecule has 0 spiro atoms. The molecule has 0 fully saturated rings. The molecule has 2 rings (SSSR count). The highest BCUT2D eigenvalue weighted by Gasteiger charge is 2.12. The number of nitrogens with two attached hydrogens (primary N) is 1. The second kappa shape index (κ2) is 6.24. The number of anilines is 1. The summed E-state index contributed by atoms with van der Waals surface area (Å²) in [5.41, 5.74) is 6.95. The normalized spacial score (nSPS) is 10.5. The summed E-state index contributed by atoms with van der Waals surface area (Å²) in [7, 11) is 1.81. The summed E-state index contributed by atoms with van der Waals surface area (Å²) in [6, 6.07) is 7.37. The van der Waals surface area contributed by atoms with Gasteiger partial charge < -0.3 is 10.6 Å². The number of rotatable bonds is 5. The summed E-state index contributed by atoms with van der Waals surface area (Å²) >= 11 is 0. The van der Waals surface area contributed by atoms with Crippen LogP contribution in [0.5, 0.6) is 0 Å². The molecule has 0 aliphatic heterocycles. The van der Waals surface area contributed by atoms with E-state index >= 15 is 0 Å². The molecule has 0 unspecified atom stereocenters. The van der Waals surface area contributed by atoms with Crippen molar-refractivity contribution in [3.05, 3.63) is 53.7 Å². The topological polar surface area (TPSA) is 55.0 Å². The van der Waals surface area contributed by atoms with Gasteiger partial charge in [0.2, 0.25) is 0 Å². The Kier molecular flexibility index (Phi) is 4.41. The van der Waals surface area contributed by atoms with Gasteiger partial charge in [-0.3, -0.25) is 4.98 Å². The molecular formula is C14H17FN4. The van der Waals surface area contributed by atoms with Crippen molar-refractivity contribution >= 4 is 5.82 Å². The first kappa shape index (κ1) is 13.4. The van der Waals surface area contributed by atoms with E-state index < -0.39 is 0 Å². The van der Waals surface area contributed by atoms with E-state index in [1.807, 2.05) is 25.2 Å². The number of nitrogens with zero attached hydrogens (tertiary/aromatic N) is 3. The Morgan fingerprint density at radius 1 is 1.21 bits per heavy atom. The molecule has 0 radical (unpaired) electrons. The van der Waals surface area contributed by atoms with Gasteiger partial charge in [-0.1, -0.05) is 6.07 Å². The van der Waals surface area contributed by atoms with Crippen LogP contribution in [0.2, 0.25) is 0 Å². The fourth-order valence-corrected chi connectivity index (χ4v) is 1.83. The lowest BCUT2D eigenvalue weighted by molar-refractivity contribution is 0.598. The van der Waals surface area contributed by atoms with Gasteiger partial charge in [-0.2, -0.15) is 0 Å². The predicted molar refractivity (Wildman–Crippen MR) is 73.3 cm³/mol. The highest BCUT2D eigenvalue weighted by Crippen LogP contribution is 2.18. The number of pyridine rings is 2. The predicted octanol–water partition coefficient (Wildman–Crippen LogP) is 1.75. The fourth-order valence-electron chi connectivity index (χ4n) is 1.83. The summed E-state index contributed by atoms with van der Waals surface area (Å²) < 4.78 is 14.0. The van der Waals surface area contributed by atoms with Crippen LogP contribution in [0, 0.1) is 5.82 Å². The standard InChI is InChI=1S/C14H17FN4/c1-19(9-6-12-4-2-3-7-17-12)14-13(15)11(10-16)5-8-18-14/h2-5,7-8H,6,9-10,16H2,1H3. The molecule has 0 amide bonds. The zero-order chi connectivity index (χ0) is 13.7. The minimum absolute atomic E-state index is 0.176. The second-order valence-corrected chi connectivity index (χ2v) is 4.30. The molecule has 2 heterocycles. The van der Waals surface area contributed by atoms with Gasteiger partial charge in [-0.15, -0.1) is 0 Å². The van der Waals surface area contributed by atoms with Crippen LogP contribution in [0.1, 0.15) is 11.3 Å². The Hall–Kier alpha value is -2.01. The average molecular weight is 260 g/mol. The summed E-state index contributed by atoms with van der Waals surface area (Å²) in [6.07, 6.45) is 4.08. The average Bonchev–Trinajstić information content (AvgIpc) is 2.46. The molecule has 0 aliphatic rings. The van der Waals surface area contributed by atoms with Crippen molar-refractivity contribution in [2.24, 2.45) is 5.73 Å². The maximum Gasteiger partial charge on any atom is 0.170 e. The van der Waals surface area contributed by atoms with Crippen LogP contribution in [0.25, 0.3) is 0 Å². The Labute approximate surface area is 112 Å². The molecule has 0 bridgehead atoms. The van der Waals surface area contributed by atoms with E-state index in [1.165, 1.54) is 0 Å². The SMILES string of the molecule is CN(CCc1ccccn1)c1nccc(CN)c1F. The highest BCUT2D eigenvalue weighted by molar-refractivity contribution is 5.42. The van der Waals surface area contributed by atoms with Crippen molar-refractivity contribution in [1.82, 2.24) is 9.97 Å². The van der Waals surface area contributed by atoms with E-state index in [-0.39, 0.29) is 12.4 Å². The lowest BCUT2D eigenvalue weighted by atomic mass is 10.2. The van der Waals surface area contributed by atoms with Crippen molar-refractivity contribution < 1.29 is 4.39 Å². The van der Waals surface area contributed by atoms with Crippen LogP contribution < -0.4 is 10.6 Å². The molecule has 0 aliphatic carbocycles. The quantitative estimate of drug-likeness (QED) is 0.890. The number of likely N-dealkylation sites (N-methyl/N-ethyl adjacent to an activating group) is 1. The molecule has 100 valence electrons. The summed E-state index contributed by atoms with van der Waals surface area (Å²) in [6.45, 7) is 0.824. The summed E-state index contributed by atoms with van der Waals surface area (Å²) in [5.74, 6) is -0.00704. The molecule has 2 aromatic heterocycles. The van der Waals surface area contributed by atoms with E-state index in [0.29, 0.717) is 17.9 Å². The third kappa shape index (κ3) is 3.26. The van der Waals surface area contributed by atoms with Gasteiger partial charge in [0, 0.05) is 50.2 Å². The zero-order valence-electron chi connectivity index (χ0n) is 10.9. The largest absolute Gasteiger partial charge is 0.357 e. The monoisotopic (exact) mass is 260 g/mol. The van der Waals surface area contributed by atoms with Gasteiger partial charge in [0.1, 0.15) is 0 Å². The van der Waals surface area contributed by atoms with Crippen LogP contribution in [-0.4, -0.2) is 23.6 Å². The lowest BCUT2D eigenvalue weighted by Crippen LogP contribution is -2.23. The van der Waals surface area contributed by atoms with Gasteiger partial charge in [-0.25, -0.2) is 9.37 Å². The number of halogens is 1. The van der Waals surface area contributed by atoms with Crippen molar-refractivity contribution in [2.75, 3.05) is 18.5 Å². The molecule has 0 saturated heterocycles. The van der Waals surface area contributed by atoms with Crippen LogP contribution >= 0.6 is 0 Å². The molecule has 2 N–H and O–H groups in total. The van der Waals surface area contributed by atoms with Crippen LogP contribution in [0.4, 0.5) is 10.2 Å². The Balaban J connectivity index is 2.06. The third-order valence-corrected chi connectivity index (χ3v) is 2.96. The fraction of sp³-hybridized carbons (Fsp3) is 0.286. The highest BCUT2D eigenvalue weighted by atomic mass is 19.1. The van der Waals surface area contributed by atoms with Gasteiger partial charge in [-0.05, 0) is 18.2 Å². The molecule has 0 saturated carbocycles. The number of hydrogen-bond acceptors (Lipinski definition) is 4. The summed E-state index contributed by atoms with van der Waals surface area (Å²) in [4.78, 5) is 10.1. The van der Waals surface area contributed by atoms with Gasteiger partial charge in [0.25, 0.3) is 0 Å². The number of hydrogen-bond donors (Lipinski definition) is 1. The first-order chi connectivity index (χ1) is 9.22. The van der Waals surface area contributed by atoms with Gasteiger partial charge in [0.05, 0.1) is 0 Å². The van der Waals surface area contributed by atoms with Crippen molar-refractivity contribution in [3.63, 3.8) is 0 Å². The lowest BCUT2D eigenvalue weighted by Gasteiger charge is -2.19. The Bertz CT molecular complexity index is 530. The van der Waals surface area contributed by atoms with E-state index in [9.17, 15) is 4.39 Å². The first-order valence-electron chi connectivity index (χ1n) is 6.17. The van der Waals surface area contributed by atoms with Gasteiger partial charge >= 0.3 is 0 Å². The maximum absolute atomic E-state index is 14.0. The van der Waals surface area contributed by atoms with Crippen LogP contribution in [0.15, 0.2) is 36.7 Å². The van der Waals surface area contributed by atoms with E-state index in [2.05, 4.69) is 9.97 Å². The van der Waals surface area contributed by atoms with Crippen molar-refractivity contribution in [2.45, 2.75) is 13.0 Å². The van der Waals surface area contributed by atoms with E-state index in [1.54, 1.807) is 23.4 Å². The molecule has 5 heteroatoms.